The SMILES string of the molecule is CCCOC(=O)CN1C(=O)C(=Cc2cccc(OC)c2)SC1=S. The fourth-order valence-electron chi connectivity index (χ4n) is 1.91. The number of ether oxygens (including phenoxy) is 2. The van der Waals surface area contributed by atoms with Crippen molar-refractivity contribution in [1.82, 2.24) is 4.90 Å². The molecule has 5 nitrogen and oxygen atoms in total. The van der Waals surface area contributed by atoms with Gasteiger partial charge in [0.25, 0.3) is 5.91 Å². The van der Waals surface area contributed by atoms with Crippen LogP contribution in [0.2, 0.25) is 0 Å². The first-order valence-electron chi connectivity index (χ1n) is 7.10. The lowest BCUT2D eigenvalue weighted by molar-refractivity contribution is -0.146. The highest BCUT2D eigenvalue weighted by molar-refractivity contribution is 8.26. The Morgan fingerprint density at radius 2 is 2.22 bits per heavy atom. The van der Waals surface area contributed by atoms with E-state index >= 15 is 0 Å². The van der Waals surface area contributed by atoms with Gasteiger partial charge in [0.1, 0.15) is 16.6 Å². The van der Waals surface area contributed by atoms with Crippen molar-refractivity contribution in [2.45, 2.75) is 13.3 Å². The summed E-state index contributed by atoms with van der Waals surface area (Å²) < 4.78 is 10.5. The van der Waals surface area contributed by atoms with Crippen LogP contribution >= 0.6 is 24.0 Å². The van der Waals surface area contributed by atoms with Crippen molar-refractivity contribution in [3.05, 3.63) is 34.7 Å². The number of esters is 1. The number of carbonyl (C=O) groups is 2. The zero-order valence-electron chi connectivity index (χ0n) is 12.9. The molecule has 0 bridgehead atoms. The second-order valence-electron chi connectivity index (χ2n) is 4.76. The minimum absolute atomic E-state index is 0.153. The van der Waals surface area contributed by atoms with Crippen LogP contribution in [-0.4, -0.2) is 41.4 Å². The monoisotopic (exact) mass is 351 g/mol. The van der Waals surface area contributed by atoms with Gasteiger partial charge in [-0.05, 0) is 30.2 Å². The molecule has 2 rings (SSSR count). The van der Waals surface area contributed by atoms with Gasteiger partial charge in [0.05, 0.1) is 18.6 Å². The van der Waals surface area contributed by atoms with E-state index in [1.807, 2.05) is 31.2 Å². The van der Waals surface area contributed by atoms with Gasteiger partial charge in [-0.2, -0.15) is 0 Å². The summed E-state index contributed by atoms with van der Waals surface area (Å²) in [6, 6.07) is 7.35. The molecule has 0 atom stereocenters. The lowest BCUT2D eigenvalue weighted by Crippen LogP contribution is -2.34. The first kappa shape index (κ1) is 17.5. The van der Waals surface area contributed by atoms with E-state index in [1.165, 1.54) is 16.7 Å². The van der Waals surface area contributed by atoms with Crippen molar-refractivity contribution >= 4 is 46.3 Å². The van der Waals surface area contributed by atoms with Crippen LogP contribution in [0, 0.1) is 0 Å². The van der Waals surface area contributed by atoms with E-state index in [2.05, 4.69) is 0 Å². The van der Waals surface area contributed by atoms with Crippen molar-refractivity contribution in [3.63, 3.8) is 0 Å². The Morgan fingerprint density at radius 3 is 2.91 bits per heavy atom. The summed E-state index contributed by atoms with van der Waals surface area (Å²) in [6.07, 6.45) is 2.47. The van der Waals surface area contributed by atoms with Crippen molar-refractivity contribution in [2.24, 2.45) is 0 Å². The molecule has 1 heterocycles. The van der Waals surface area contributed by atoms with Gasteiger partial charge in [-0.3, -0.25) is 14.5 Å². The van der Waals surface area contributed by atoms with Gasteiger partial charge in [0.15, 0.2) is 0 Å². The first-order valence-corrected chi connectivity index (χ1v) is 8.32. The fraction of sp³-hybridized carbons (Fsp3) is 0.312. The molecule has 0 aliphatic carbocycles. The van der Waals surface area contributed by atoms with Crippen LogP contribution < -0.4 is 4.74 Å². The molecule has 1 amide bonds. The van der Waals surface area contributed by atoms with Gasteiger partial charge >= 0.3 is 5.97 Å². The molecule has 0 unspecified atom stereocenters. The number of hydrogen-bond donors (Lipinski definition) is 0. The number of amides is 1. The molecule has 23 heavy (non-hydrogen) atoms. The van der Waals surface area contributed by atoms with Crippen LogP contribution in [0.25, 0.3) is 6.08 Å². The van der Waals surface area contributed by atoms with E-state index in [0.29, 0.717) is 21.6 Å². The average Bonchev–Trinajstić information content (AvgIpc) is 2.80. The van der Waals surface area contributed by atoms with E-state index in [-0.39, 0.29) is 12.5 Å². The second kappa shape index (κ2) is 8.12. The molecular weight excluding hydrogens is 334 g/mol. The molecule has 1 aromatic carbocycles. The van der Waals surface area contributed by atoms with E-state index in [1.54, 1.807) is 13.2 Å². The number of methoxy groups -OCH3 is 1. The second-order valence-corrected chi connectivity index (χ2v) is 6.44. The highest BCUT2D eigenvalue weighted by Crippen LogP contribution is 2.32. The molecule has 7 heteroatoms. The Morgan fingerprint density at radius 1 is 1.43 bits per heavy atom. The summed E-state index contributed by atoms with van der Waals surface area (Å²) in [7, 11) is 1.58. The van der Waals surface area contributed by atoms with Crippen molar-refractivity contribution in [3.8, 4) is 5.75 Å². The van der Waals surface area contributed by atoms with Gasteiger partial charge in [-0.1, -0.05) is 43.0 Å². The van der Waals surface area contributed by atoms with Crippen LogP contribution in [0.5, 0.6) is 5.75 Å². The Balaban J connectivity index is 2.11. The summed E-state index contributed by atoms with van der Waals surface area (Å²) >= 11 is 6.36. The van der Waals surface area contributed by atoms with Crippen molar-refractivity contribution in [2.75, 3.05) is 20.3 Å². The zero-order valence-corrected chi connectivity index (χ0v) is 14.5. The van der Waals surface area contributed by atoms with Crippen molar-refractivity contribution < 1.29 is 19.1 Å². The number of rotatable bonds is 6. The molecule has 122 valence electrons. The third-order valence-electron chi connectivity index (χ3n) is 3.02. The highest BCUT2D eigenvalue weighted by Gasteiger charge is 2.33. The minimum atomic E-state index is -0.453. The molecule has 0 N–H and O–H groups in total. The van der Waals surface area contributed by atoms with Gasteiger partial charge in [-0.15, -0.1) is 0 Å². The predicted octanol–water partition coefficient (Wildman–Crippen LogP) is 2.85. The topological polar surface area (TPSA) is 55.8 Å². The van der Waals surface area contributed by atoms with Crippen LogP contribution in [-0.2, 0) is 14.3 Å². The molecule has 1 aromatic rings. The smallest absolute Gasteiger partial charge is 0.326 e. The zero-order chi connectivity index (χ0) is 16.8. The van der Waals surface area contributed by atoms with Gasteiger partial charge in [-0.25, -0.2) is 0 Å². The normalized spacial score (nSPS) is 16.1. The molecule has 0 aromatic heterocycles. The minimum Gasteiger partial charge on any atom is -0.497 e. The third kappa shape index (κ3) is 4.56. The fourth-order valence-corrected chi connectivity index (χ4v) is 3.16. The number of carbonyl (C=O) groups excluding carboxylic acids is 2. The van der Waals surface area contributed by atoms with E-state index in [0.717, 1.165) is 12.0 Å². The molecule has 1 aliphatic rings. The van der Waals surface area contributed by atoms with Crippen LogP contribution in [0.1, 0.15) is 18.9 Å². The van der Waals surface area contributed by atoms with Crippen LogP contribution in [0.15, 0.2) is 29.2 Å². The Bertz CT molecular complexity index is 657. The summed E-state index contributed by atoms with van der Waals surface area (Å²) in [6.45, 7) is 2.09. The third-order valence-corrected chi connectivity index (χ3v) is 4.40. The van der Waals surface area contributed by atoms with E-state index in [9.17, 15) is 9.59 Å². The molecule has 0 saturated carbocycles. The number of thiocarbonyl (C=S) groups is 1. The molecule has 0 spiro atoms. The molecule has 1 fully saturated rings. The predicted molar refractivity (Wildman–Crippen MR) is 94.1 cm³/mol. The summed E-state index contributed by atoms with van der Waals surface area (Å²) in [4.78, 5) is 25.8. The Kier molecular flexibility index (Phi) is 6.18. The lowest BCUT2D eigenvalue weighted by atomic mass is 10.2. The standard InChI is InChI=1S/C16H17NO4S2/c1-3-7-21-14(18)10-17-15(19)13(23-16(17)22)9-11-5-4-6-12(8-11)20-2/h4-6,8-9H,3,7,10H2,1-2H3. The van der Waals surface area contributed by atoms with Gasteiger partial charge < -0.3 is 9.47 Å². The van der Waals surface area contributed by atoms with Crippen molar-refractivity contribution in [1.29, 1.82) is 0 Å². The lowest BCUT2D eigenvalue weighted by Gasteiger charge is -2.13. The maximum absolute atomic E-state index is 12.4. The van der Waals surface area contributed by atoms with Crippen LogP contribution in [0.4, 0.5) is 0 Å². The Hall–Kier alpha value is -1.86. The molecule has 1 saturated heterocycles. The Labute approximate surface area is 144 Å². The molecule has 0 radical (unpaired) electrons. The number of benzene rings is 1. The summed E-state index contributed by atoms with van der Waals surface area (Å²) in [5.74, 6) is -0.0283. The maximum atomic E-state index is 12.4. The highest BCUT2D eigenvalue weighted by atomic mass is 32.2. The van der Waals surface area contributed by atoms with E-state index < -0.39 is 5.97 Å². The van der Waals surface area contributed by atoms with E-state index in [4.69, 9.17) is 21.7 Å². The number of thioether (sulfide) groups is 1. The summed E-state index contributed by atoms with van der Waals surface area (Å²) in [5.41, 5.74) is 0.832. The quantitative estimate of drug-likeness (QED) is 0.446. The van der Waals surface area contributed by atoms with Gasteiger partial charge in [0.2, 0.25) is 0 Å². The average molecular weight is 351 g/mol. The van der Waals surface area contributed by atoms with Crippen LogP contribution in [0.3, 0.4) is 0 Å². The first-order chi connectivity index (χ1) is 11.0. The molecule has 1 aliphatic heterocycles. The maximum Gasteiger partial charge on any atom is 0.326 e. The number of hydrogen-bond acceptors (Lipinski definition) is 6. The largest absolute Gasteiger partial charge is 0.497 e. The summed E-state index contributed by atoms with van der Waals surface area (Å²) in [5, 5.41) is 0. The van der Waals surface area contributed by atoms with Gasteiger partial charge in [0, 0.05) is 0 Å². The molecular formula is C16H17NO4S2. The number of nitrogens with zero attached hydrogens (tertiary/aromatic N) is 1.